The lowest BCUT2D eigenvalue weighted by molar-refractivity contribution is 1.49. The molecule has 0 aromatic rings. The molecule has 0 saturated heterocycles. The maximum atomic E-state index is 5.27. The van der Waals surface area contributed by atoms with Crippen molar-refractivity contribution in [1.82, 2.24) is 0 Å². The Morgan fingerprint density at radius 2 is 1.20 bits per heavy atom. The van der Waals surface area contributed by atoms with Gasteiger partial charge in [-0.1, -0.05) is 0 Å². The van der Waals surface area contributed by atoms with E-state index in [1.54, 1.807) is 0 Å². The third kappa shape index (κ3) is 1010. The van der Waals surface area contributed by atoms with Crippen LogP contribution >= 0.6 is 0 Å². The van der Waals surface area contributed by atoms with Crippen LogP contribution in [0.5, 0.6) is 0 Å². The zero-order chi connectivity index (χ0) is 4.50. The van der Waals surface area contributed by atoms with Crippen molar-refractivity contribution in [2.75, 3.05) is 0 Å². The van der Waals surface area contributed by atoms with E-state index in [0.717, 1.165) is 0 Å². The fourth-order valence-corrected chi connectivity index (χ4v) is 0. The maximum absolute atomic E-state index is 5.27. The molecule has 0 saturated carbocycles. The Morgan fingerprint density at radius 1 is 1.20 bits per heavy atom. The first-order valence-corrected chi connectivity index (χ1v) is 4.73. The SMILES string of the molecule is C[Si](C)(N)N. The van der Waals surface area contributed by atoms with Crippen LogP contribution < -0.4 is 10.8 Å². The molecule has 0 fully saturated rings. The molecule has 0 amide bonds. The number of hydrogen-bond donors (Lipinski definition) is 2. The van der Waals surface area contributed by atoms with Crippen molar-refractivity contribution in [3.05, 3.63) is 0 Å². The van der Waals surface area contributed by atoms with Crippen LogP contribution in [-0.4, -0.2) is 8.40 Å². The minimum absolute atomic E-state index is 1.61. The molecule has 0 bridgehead atoms. The minimum atomic E-state index is -1.61. The van der Waals surface area contributed by atoms with Crippen molar-refractivity contribution in [3.8, 4) is 0 Å². The van der Waals surface area contributed by atoms with Crippen molar-refractivity contribution in [2.24, 2.45) is 10.8 Å². The molecule has 2 nitrogen and oxygen atoms in total. The van der Waals surface area contributed by atoms with E-state index in [9.17, 15) is 0 Å². The second kappa shape index (κ2) is 1.08. The summed E-state index contributed by atoms with van der Waals surface area (Å²) in [7, 11) is -1.61. The summed E-state index contributed by atoms with van der Waals surface area (Å²) in [6, 6.07) is 0. The van der Waals surface area contributed by atoms with Crippen LogP contribution in [0.2, 0.25) is 13.1 Å². The van der Waals surface area contributed by atoms with Crippen molar-refractivity contribution < 1.29 is 0 Å². The van der Waals surface area contributed by atoms with E-state index in [1.165, 1.54) is 0 Å². The van der Waals surface area contributed by atoms with Crippen LogP contribution in [0.25, 0.3) is 0 Å². The summed E-state index contributed by atoms with van der Waals surface area (Å²) >= 11 is 0. The van der Waals surface area contributed by atoms with E-state index in [-0.39, 0.29) is 0 Å². The molecular formula is C2H10N2Si. The van der Waals surface area contributed by atoms with Crippen molar-refractivity contribution in [3.63, 3.8) is 0 Å². The summed E-state index contributed by atoms with van der Waals surface area (Å²) in [4.78, 5) is 0. The fourth-order valence-electron chi connectivity index (χ4n) is 0. The molecule has 0 heterocycles. The molecule has 0 aliphatic carbocycles. The first-order chi connectivity index (χ1) is 2.00. The average molecular weight is 90.2 g/mol. The summed E-state index contributed by atoms with van der Waals surface area (Å²) in [5.41, 5.74) is 0. The van der Waals surface area contributed by atoms with Crippen LogP contribution in [0.3, 0.4) is 0 Å². The highest BCUT2D eigenvalue weighted by molar-refractivity contribution is 6.70. The molecule has 0 aromatic heterocycles. The van der Waals surface area contributed by atoms with Gasteiger partial charge in [0.05, 0.1) is 0 Å². The molecule has 0 unspecified atom stereocenters. The zero-order valence-electron chi connectivity index (χ0n) is 3.65. The zero-order valence-corrected chi connectivity index (χ0v) is 4.65. The van der Waals surface area contributed by atoms with Gasteiger partial charge in [0.25, 0.3) is 0 Å². The van der Waals surface area contributed by atoms with Crippen LogP contribution in [-0.2, 0) is 0 Å². The van der Waals surface area contributed by atoms with Crippen molar-refractivity contribution >= 4 is 8.40 Å². The maximum Gasteiger partial charge on any atom is 0.189 e. The summed E-state index contributed by atoms with van der Waals surface area (Å²) < 4.78 is 0. The van der Waals surface area contributed by atoms with Gasteiger partial charge < -0.3 is 10.8 Å². The second-order valence-corrected chi connectivity index (χ2v) is 5.46. The van der Waals surface area contributed by atoms with E-state index in [2.05, 4.69) is 0 Å². The Hall–Kier alpha value is 0.137. The molecule has 32 valence electrons. The van der Waals surface area contributed by atoms with E-state index in [4.69, 9.17) is 10.8 Å². The Bertz CT molecular complexity index is 23.1. The number of nitrogens with two attached hydrogens (primary N) is 2. The molecule has 0 radical (unpaired) electrons. The smallest absolute Gasteiger partial charge is 0.189 e. The summed E-state index contributed by atoms with van der Waals surface area (Å²) in [5, 5.41) is 10.5. The highest BCUT2D eigenvalue weighted by Gasteiger charge is 2.01. The molecule has 4 N–H and O–H groups in total. The van der Waals surface area contributed by atoms with Crippen LogP contribution in [0, 0.1) is 0 Å². The monoisotopic (exact) mass is 90.1 g/mol. The third-order valence-corrected chi connectivity index (χ3v) is 0. The standard InChI is InChI=1S/C2H10N2Si/c1-5(2,3)4/h3-4H2,1-2H3. The van der Waals surface area contributed by atoms with Crippen LogP contribution in [0.1, 0.15) is 0 Å². The van der Waals surface area contributed by atoms with Gasteiger partial charge >= 0.3 is 0 Å². The number of rotatable bonds is 0. The molecule has 0 aromatic carbocycles. The Morgan fingerprint density at radius 3 is 1.20 bits per heavy atom. The fraction of sp³-hybridized carbons (Fsp3) is 1.00. The first kappa shape index (κ1) is 5.14. The molecule has 3 heteroatoms. The molecular weight excluding hydrogens is 80.1 g/mol. The molecule has 0 aliphatic heterocycles. The molecule has 5 heavy (non-hydrogen) atoms. The predicted molar refractivity (Wildman–Crippen MR) is 25.9 cm³/mol. The lowest BCUT2D eigenvalue weighted by Crippen LogP contribution is -2.48. The Kier molecular flexibility index (Phi) is 1.11. The lowest BCUT2D eigenvalue weighted by atomic mass is 11.9. The topological polar surface area (TPSA) is 52.0 Å². The number of hydrogen-bond acceptors (Lipinski definition) is 2. The van der Waals surface area contributed by atoms with Gasteiger partial charge in [-0.15, -0.1) is 0 Å². The average Bonchev–Trinajstić information content (AvgIpc) is 0.722. The largest absolute Gasteiger partial charge is 0.339 e. The van der Waals surface area contributed by atoms with E-state index < -0.39 is 8.40 Å². The molecule has 0 spiro atoms. The van der Waals surface area contributed by atoms with E-state index in [1.807, 2.05) is 13.1 Å². The van der Waals surface area contributed by atoms with Gasteiger partial charge in [-0.05, 0) is 13.1 Å². The summed E-state index contributed by atoms with van der Waals surface area (Å²) in [6.45, 7) is 3.76. The van der Waals surface area contributed by atoms with Gasteiger partial charge in [-0.25, -0.2) is 0 Å². The van der Waals surface area contributed by atoms with Gasteiger partial charge in [0.2, 0.25) is 0 Å². The van der Waals surface area contributed by atoms with Gasteiger partial charge in [-0.2, -0.15) is 0 Å². The minimum Gasteiger partial charge on any atom is -0.339 e. The lowest BCUT2D eigenvalue weighted by Gasteiger charge is -2.02. The first-order valence-electron chi connectivity index (χ1n) is 1.58. The van der Waals surface area contributed by atoms with Gasteiger partial charge in [0.1, 0.15) is 0 Å². The van der Waals surface area contributed by atoms with Gasteiger partial charge in [-0.3, -0.25) is 0 Å². The van der Waals surface area contributed by atoms with Crippen molar-refractivity contribution in [1.29, 1.82) is 0 Å². The quantitative estimate of drug-likeness (QED) is 0.398. The van der Waals surface area contributed by atoms with E-state index >= 15 is 0 Å². The highest BCUT2D eigenvalue weighted by atomic mass is 28.3. The Balaban J connectivity index is 3.02. The predicted octanol–water partition coefficient (Wildman–Crippen LogP) is -0.394. The summed E-state index contributed by atoms with van der Waals surface area (Å²) in [6.07, 6.45) is 0. The molecule has 0 rings (SSSR count). The normalized spacial score (nSPS) is 12.0. The van der Waals surface area contributed by atoms with E-state index in [0.29, 0.717) is 0 Å². The van der Waals surface area contributed by atoms with Crippen molar-refractivity contribution in [2.45, 2.75) is 13.1 Å². The summed E-state index contributed by atoms with van der Waals surface area (Å²) in [5.74, 6) is 0. The van der Waals surface area contributed by atoms with Crippen LogP contribution in [0.15, 0.2) is 0 Å². The second-order valence-electron chi connectivity index (χ2n) is 1.82. The highest BCUT2D eigenvalue weighted by Crippen LogP contribution is 1.70. The van der Waals surface area contributed by atoms with Gasteiger partial charge in [0.15, 0.2) is 8.40 Å². The Labute approximate surface area is 33.3 Å². The van der Waals surface area contributed by atoms with Crippen LogP contribution in [0.4, 0.5) is 0 Å². The molecule has 0 aliphatic rings. The molecule has 0 atom stereocenters. The van der Waals surface area contributed by atoms with Gasteiger partial charge in [0, 0.05) is 0 Å². The third-order valence-electron chi connectivity index (χ3n) is 0.